The molecule has 0 bridgehead atoms. The Morgan fingerprint density at radius 2 is 2.10 bits per heavy atom. The summed E-state index contributed by atoms with van der Waals surface area (Å²) in [6, 6.07) is 7.41. The van der Waals surface area contributed by atoms with Gasteiger partial charge in [-0.25, -0.2) is 4.98 Å². The highest BCUT2D eigenvalue weighted by molar-refractivity contribution is 5.78. The molecule has 21 heavy (non-hydrogen) atoms. The SMILES string of the molecule is CC(CNc1nc2ccccc2c(=O)[nH]1)CN1CCCC1. The van der Waals surface area contributed by atoms with Gasteiger partial charge >= 0.3 is 0 Å². The van der Waals surface area contributed by atoms with E-state index in [0.29, 0.717) is 17.3 Å². The number of likely N-dealkylation sites (tertiary alicyclic amines) is 1. The van der Waals surface area contributed by atoms with Gasteiger partial charge in [0.2, 0.25) is 5.95 Å². The van der Waals surface area contributed by atoms with Crippen LogP contribution in [0, 0.1) is 5.92 Å². The first-order valence-corrected chi connectivity index (χ1v) is 7.67. The lowest BCUT2D eigenvalue weighted by atomic mass is 10.1. The standard InChI is InChI=1S/C16H22N4O/c1-12(11-20-8-4-5-9-20)10-17-16-18-14-7-3-2-6-13(14)15(21)19-16/h2-3,6-7,12H,4-5,8-11H2,1H3,(H2,17,18,19,21). The van der Waals surface area contributed by atoms with E-state index in [9.17, 15) is 4.79 Å². The summed E-state index contributed by atoms with van der Waals surface area (Å²) < 4.78 is 0. The van der Waals surface area contributed by atoms with E-state index < -0.39 is 0 Å². The van der Waals surface area contributed by atoms with Crippen molar-refractivity contribution in [2.75, 3.05) is 31.5 Å². The molecule has 1 unspecified atom stereocenters. The number of hydrogen-bond acceptors (Lipinski definition) is 4. The number of nitrogens with one attached hydrogen (secondary N) is 2. The number of H-pyrrole nitrogens is 1. The largest absolute Gasteiger partial charge is 0.355 e. The Hall–Kier alpha value is -1.88. The molecule has 1 aliphatic heterocycles. The number of hydrogen-bond donors (Lipinski definition) is 2. The van der Waals surface area contributed by atoms with Gasteiger partial charge in [-0.15, -0.1) is 0 Å². The molecule has 5 heteroatoms. The van der Waals surface area contributed by atoms with Gasteiger partial charge in [-0.3, -0.25) is 9.78 Å². The maximum atomic E-state index is 12.0. The van der Waals surface area contributed by atoms with Crippen molar-refractivity contribution in [3.63, 3.8) is 0 Å². The fourth-order valence-corrected chi connectivity index (χ4v) is 2.91. The van der Waals surface area contributed by atoms with Crippen LogP contribution in [-0.2, 0) is 0 Å². The third kappa shape index (κ3) is 3.42. The molecule has 1 aromatic heterocycles. The molecule has 0 radical (unpaired) electrons. The molecule has 1 atom stereocenters. The molecule has 112 valence electrons. The molecule has 1 aliphatic rings. The predicted octanol–water partition coefficient (Wildman–Crippen LogP) is 2.07. The van der Waals surface area contributed by atoms with Crippen LogP contribution < -0.4 is 10.9 Å². The topological polar surface area (TPSA) is 61.0 Å². The van der Waals surface area contributed by atoms with Crippen LogP contribution in [0.4, 0.5) is 5.95 Å². The molecular formula is C16H22N4O. The first-order valence-electron chi connectivity index (χ1n) is 7.67. The molecule has 2 N–H and O–H groups in total. The lowest BCUT2D eigenvalue weighted by Crippen LogP contribution is -2.29. The lowest BCUT2D eigenvalue weighted by molar-refractivity contribution is 0.294. The summed E-state index contributed by atoms with van der Waals surface area (Å²) in [5.74, 6) is 1.09. The van der Waals surface area contributed by atoms with Crippen LogP contribution in [0.5, 0.6) is 0 Å². The first-order chi connectivity index (χ1) is 10.2. The second-order valence-electron chi connectivity index (χ2n) is 5.93. The molecule has 1 aromatic carbocycles. The quantitative estimate of drug-likeness (QED) is 0.883. The van der Waals surface area contributed by atoms with Crippen LogP contribution in [0.25, 0.3) is 10.9 Å². The van der Waals surface area contributed by atoms with Gasteiger partial charge in [0.1, 0.15) is 0 Å². The zero-order valence-electron chi connectivity index (χ0n) is 12.4. The van der Waals surface area contributed by atoms with E-state index in [2.05, 4.69) is 27.1 Å². The minimum Gasteiger partial charge on any atom is -0.355 e. The van der Waals surface area contributed by atoms with Crippen molar-refractivity contribution in [3.8, 4) is 0 Å². The number of aromatic amines is 1. The summed E-state index contributed by atoms with van der Waals surface area (Å²) in [5, 5.41) is 3.89. The monoisotopic (exact) mass is 286 g/mol. The van der Waals surface area contributed by atoms with Crippen molar-refractivity contribution < 1.29 is 0 Å². The van der Waals surface area contributed by atoms with Crippen molar-refractivity contribution in [2.45, 2.75) is 19.8 Å². The van der Waals surface area contributed by atoms with E-state index in [1.807, 2.05) is 18.2 Å². The maximum Gasteiger partial charge on any atom is 0.260 e. The third-order valence-corrected chi connectivity index (χ3v) is 4.00. The molecule has 5 nitrogen and oxygen atoms in total. The van der Waals surface area contributed by atoms with Gasteiger partial charge in [0.25, 0.3) is 5.56 Å². The van der Waals surface area contributed by atoms with Gasteiger partial charge in [-0.05, 0) is 44.0 Å². The molecule has 0 amide bonds. The third-order valence-electron chi connectivity index (χ3n) is 4.00. The van der Waals surface area contributed by atoms with Gasteiger partial charge in [-0.2, -0.15) is 0 Å². The molecule has 0 spiro atoms. The van der Waals surface area contributed by atoms with Gasteiger partial charge < -0.3 is 10.2 Å². The predicted molar refractivity (Wildman–Crippen MR) is 85.7 cm³/mol. The molecule has 2 heterocycles. The molecule has 1 fully saturated rings. The Balaban J connectivity index is 1.63. The second-order valence-corrected chi connectivity index (χ2v) is 5.93. The average molecular weight is 286 g/mol. The molecule has 1 saturated heterocycles. The van der Waals surface area contributed by atoms with Crippen LogP contribution in [0.15, 0.2) is 29.1 Å². The number of para-hydroxylation sites is 1. The van der Waals surface area contributed by atoms with Crippen LogP contribution in [0.1, 0.15) is 19.8 Å². The lowest BCUT2D eigenvalue weighted by Gasteiger charge is -2.20. The first kappa shape index (κ1) is 14.1. The minimum atomic E-state index is -0.0877. The normalized spacial score (nSPS) is 17.2. The number of nitrogens with zero attached hydrogens (tertiary/aromatic N) is 2. The summed E-state index contributed by atoms with van der Waals surface area (Å²) in [4.78, 5) is 21.7. The van der Waals surface area contributed by atoms with E-state index in [4.69, 9.17) is 0 Å². The Labute approximate surface area is 124 Å². The van der Waals surface area contributed by atoms with E-state index in [1.165, 1.54) is 25.9 Å². The molecule has 2 aromatic rings. The zero-order chi connectivity index (χ0) is 14.7. The summed E-state index contributed by atoms with van der Waals surface area (Å²) >= 11 is 0. The summed E-state index contributed by atoms with van der Waals surface area (Å²) in [7, 11) is 0. The molecule has 3 rings (SSSR count). The number of rotatable bonds is 5. The molecular weight excluding hydrogens is 264 g/mol. The second kappa shape index (κ2) is 6.26. The minimum absolute atomic E-state index is 0.0877. The summed E-state index contributed by atoms with van der Waals surface area (Å²) in [5.41, 5.74) is 0.645. The van der Waals surface area contributed by atoms with Crippen molar-refractivity contribution in [3.05, 3.63) is 34.6 Å². The smallest absolute Gasteiger partial charge is 0.260 e. The van der Waals surface area contributed by atoms with E-state index in [0.717, 1.165) is 18.6 Å². The average Bonchev–Trinajstić information content (AvgIpc) is 2.98. The van der Waals surface area contributed by atoms with Crippen LogP contribution in [0.3, 0.4) is 0 Å². The van der Waals surface area contributed by atoms with Crippen LogP contribution in [0.2, 0.25) is 0 Å². The van der Waals surface area contributed by atoms with E-state index >= 15 is 0 Å². The fourth-order valence-electron chi connectivity index (χ4n) is 2.91. The highest BCUT2D eigenvalue weighted by Gasteiger charge is 2.14. The zero-order valence-corrected chi connectivity index (χ0v) is 12.4. The van der Waals surface area contributed by atoms with Crippen LogP contribution in [-0.4, -0.2) is 41.0 Å². The van der Waals surface area contributed by atoms with E-state index in [1.54, 1.807) is 6.07 Å². The number of fused-ring (bicyclic) bond motifs is 1. The highest BCUT2D eigenvalue weighted by atomic mass is 16.1. The summed E-state index contributed by atoms with van der Waals surface area (Å²) in [6.45, 7) is 6.58. The number of anilines is 1. The van der Waals surface area contributed by atoms with Crippen molar-refractivity contribution in [1.29, 1.82) is 0 Å². The summed E-state index contributed by atoms with van der Waals surface area (Å²) in [6.07, 6.45) is 2.64. The number of aromatic nitrogens is 2. The Morgan fingerprint density at radius 1 is 1.33 bits per heavy atom. The van der Waals surface area contributed by atoms with Gasteiger partial charge in [0.05, 0.1) is 10.9 Å². The number of benzene rings is 1. The van der Waals surface area contributed by atoms with E-state index in [-0.39, 0.29) is 5.56 Å². The maximum absolute atomic E-state index is 12.0. The van der Waals surface area contributed by atoms with Gasteiger partial charge in [0, 0.05) is 13.1 Å². The van der Waals surface area contributed by atoms with Crippen molar-refractivity contribution in [2.24, 2.45) is 5.92 Å². The highest BCUT2D eigenvalue weighted by Crippen LogP contribution is 2.11. The van der Waals surface area contributed by atoms with Gasteiger partial charge in [0.15, 0.2) is 0 Å². The Morgan fingerprint density at radius 3 is 2.90 bits per heavy atom. The van der Waals surface area contributed by atoms with Crippen molar-refractivity contribution in [1.82, 2.24) is 14.9 Å². The Bertz CT molecular complexity index is 661. The Kier molecular flexibility index (Phi) is 4.20. The van der Waals surface area contributed by atoms with Crippen LogP contribution >= 0.6 is 0 Å². The molecule has 0 saturated carbocycles. The van der Waals surface area contributed by atoms with Gasteiger partial charge in [-0.1, -0.05) is 19.1 Å². The fraction of sp³-hybridized carbons (Fsp3) is 0.500. The molecule has 0 aliphatic carbocycles. The van der Waals surface area contributed by atoms with Crippen molar-refractivity contribution >= 4 is 16.9 Å².